The van der Waals surface area contributed by atoms with Crippen molar-refractivity contribution in [2.24, 2.45) is 5.73 Å². The maximum atomic E-state index is 11.7. The number of hydrogen-bond acceptors (Lipinski definition) is 3. The molecule has 116 valence electrons. The van der Waals surface area contributed by atoms with Crippen LogP contribution in [0.3, 0.4) is 0 Å². The van der Waals surface area contributed by atoms with Crippen LogP contribution in [0.25, 0.3) is 0 Å². The molecule has 2 rings (SSSR count). The first-order valence-corrected chi connectivity index (χ1v) is 7.12. The molecule has 0 aliphatic rings. The van der Waals surface area contributed by atoms with E-state index in [4.69, 9.17) is 5.73 Å². The van der Waals surface area contributed by atoms with E-state index >= 15 is 0 Å². The second kappa shape index (κ2) is 6.89. The summed E-state index contributed by atoms with van der Waals surface area (Å²) in [6.07, 6.45) is 3.46. The van der Waals surface area contributed by atoms with Crippen molar-refractivity contribution in [1.29, 1.82) is 0 Å². The van der Waals surface area contributed by atoms with Crippen LogP contribution < -0.4 is 17.0 Å². The van der Waals surface area contributed by atoms with E-state index in [0.29, 0.717) is 18.5 Å². The van der Waals surface area contributed by atoms with Crippen molar-refractivity contribution in [2.75, 3.05) is 0 Å². The van der Waals surface area contributed by atoms with Gasteiger partial charge in [0.1, 0.15) is 0 Å². The minimum atomic E-state index is -0.416. The number of aromatic amines is 1. The summed E-state index contributed by atoms with van der Waals surface area (Å²) in [4.78, 5) is 36.0. The third-order valence-electron chi connectivity index (χ3n) is 3.45. The zero-order chi connectivity index (χ0) is 16.1. The lowest BCUT2D eigenvalue weighted by molar-refractivity contribution is -0.118. The molecule has 6 heteroatoms. The predicted octanol–water partition coefficient (Wildman–Crippen LogP) is 0.701. The van der Waals surface area contributed by atoms with Crippen LogP contribution in [0, 0.1) is 6.92 Å². The standard InChI is InChI=1S/C16H19N3O3/c1-11-9-19(16(22)18-15(11)21)10-13-7-5-12(6-8-13)3-2-4-14(17)20/h5-9H,2-4,10H2,1H3,(H2,17,20)(H,18,21,22). The average molecular weight is 301 g/mol. The van der Waals surface area contributed by atoms with Crippen molar-refractivity contribution < 1.29 is 4.79 Å². The molecule has 2 aromatic rings. The van der Waals surface area contributed by atoms with Gasteiger partial charge in [-0.25, -0.2) is 4.79 Å². The number of benzene rings is 1. The largest absolute Gasteiger partial charge is 0.370 e. The predicted molar refractivity (Wildman–Crippen MR) is 83.7 cm³/mol. The van der Waals surface area contributed by atoms with E-state index in [1.54, 1.807) is 13.1 Å². The average Bonchev–Trinajstić information content (AvgIpc) is 2.46. The Bertz CT molecular complexity index is 772. The van der Waals surface area contributed by atoms with Gasteiger partial charge in [0.2, 0.25) is 5.91 Å². The van der Waals surface area contributed by atoms with Crippen LogP contribution in [0.5, 0.6) is 0 Å². The second-order valence-electron chi connectivity index (χ2n) is 5.34. The SMILES string of the molecule is Cc1cn(Cc2ccc(CCCC(N)=O)cc2)c(=O)[nH]c1=O. The Labute approximate surface area is 127 Å². The molecule has 22 heavy (non-hydrogen) atoms. The molecule has 0 unspecified atom stereocenters. The van der Waals surface area contributed by atoms with Gasteiger partial charge in [0, 0.05) is 18.2 Å². The molecule has 1 aromatic carbocycles. The Morgan fingerprint density at radius 2 is 1.82 bits per heavy atom. The van der Waals surface area contributed by atoms with Crippen molar-refractivity contribution >= 4 is 5.91 Å². The van der Waals surface area contributed by atoms with Crippen LogP contribution in [0.4, 0.5) is 0 Å². The number of nitrogens with two attached hydrogens (primary N) is 1. The van der Waals surface area contributed by atoms with E-state index in [9.17, 15) is 14.4 Å². The van der Waals surface area contributed by atoms with Crippen molar-refractivity contribution in [3.05, 3.63) is 68.0 Å². The van der Waals surface area contributed by atoms with Gasteiger partial charge in [-0.3, -0.25) is 19.1 Å². The highest BCUT2D eigenvalue weighted by atomic mass is 16.2. The number of H-pyrrole nitrogens is 1. The first-order valence-electron chi connectivity index (χ1n) is 7.12. The Morgan fingerprint density at radius 3 is 2.45 bits per heavy atom. The normalized spacial score (nSPS) is 10.6. The fraction of sp³-hybridized carbons (Fsp3) is 0.312. The number of rotatable bonds is 6. The molecule has 0 saturated carbocycles. The van der Waals surface area contributed by atoms with Crippen molar-refractivity contribution in [2.45, 2.75) is 32.7 Å². The summed E-state index contributed by atoms with van der Waals surface area (Å²) in [5.74, 6) is -0.288. The Morgan fingerprint density at radius 1 is 1.18 bits per heavy atom. The summed E-state index contributed by atoms with van der Waals surface area (Å²) in [6.45, 7) is 2.06. The van der Waals surface area contributed by atoms with Crippen LogP contribution in [-0.2, 0) is 17.8 Å². The number of primary amides is 1. The topological polar surface area (TPSA) is 97.9 Å². The maximum Gasteiger partial charge on any atom is 0.328 e. The summed E-state index contributed by atoms with van der Waals surface area (Å²) < 4.78 is 1.47. The summed E-state index contributed by atoms with van der Waals surface area (Å²) in [6, 6.07) is 7.82. The van der Waals surface area contributed by atoms with Gasteiger partial charge in [-0.15, -0.1) is 0 Å². The molecule has 0 atom stereocenters. The highest BCUT2D eigenvalue weighted by molar-refractivity contribution is 5.73. The molecule has 3 N–H and O–H groups in total. The number of nitrogens with one attached hydrogen (secondary N) is 1. The molecule has 0 aliphatic carbocycles. The quantitative estimate of drug-likeness (QED) is 0.821. The smallest absolute Gasteiger partial charge is 0.328 e. The van der Waals surface area contributed by atoms with Gasteiger partial charge in [-0.1, -0.05) is 24.3 Å². The number of carbonyl (C=O) groups is 1. The van der Waals surface area contributed by atoms with Gasteiger partial charge in [-0.2, -0.15) is 0 Å². The monoisotopic (exact) mass is 301 g/mol. The summed E-state index contributed by atoms with van der Waals surface area (Å²) in [7, 11) is 0. The molecule has 0 radical (unpaired) electrons. The molecule has 1 amide bonds. The lowest BCUT2D eigenvalue weighted by Crippen LogP contribution is -2.31. The van der Waals surface area contributed by atoms with Crippen LogP contribution in [0.1, 0.15) is 29.5 Å². The van der Waals surface area contributed by atoms with Gasteiger partial charge in [0.15, 0.2) is 0 Å². The van der Waals surface area contributed by atoms with Crippen LogP contribution in [-0.4, -0.2) is 15.5 Å². The van der Waals surface area contributed by atoms with Gasteiger partial charge >= 0.3 is 5.69 Å². The van der Waals surface area contributed by atoms with E-state index in [-0.39, 0.29) is 11.5 Å². The van der Waals surface area contributed by atoms with Crippen LogP contribution in [0.15, 0.2) is 40.1 Å². The second-order valence-corrected chi connectivity index (χ2v) is 5.34. The molecule has 0 spiro atoms. The molecular weight excluding hydrogens is 282 g/mol. The fourth-order valence-corrected chi connectivity index (χ4v) is 2.21. The minimum absolute atomic E-state index is 0.288. The highest BCUT2D eigenvalue weighted by Gasteiger charge is 2.03. The molecule has 0 aliphatic heterocycles. The summed E-state index contributed by atoms with van der Waals surface area (Å²) >= 11 is 0. The molecule has 1 heterocycles. The number of carbonyl (C=O) groups excluding carboxylic acids is 1. The minimum Gasteiger partial charge on any atom is -0.370 e. The zero-order valence-electron chi connectivity index (χ0n) is 12.5. The number of nitrogens with zero attached hydrogens (tertiary/aromatic N) is 1. The maximum absolute atomic E-state index is 11.7. The van der Waals surface area contributed by atoms with Gasteiger partial charge < -0.3 is 5.73 Å². The van der Waals surface area contributed by atoms with E-state index in [0.717, 1.165) is 24.0 Å². The number of aryl methyl sites for hydroxylation is 2. The highest BCUT2D eigenvalue weighted by Crippen LogP contribution is 2.08. The van der Waals surface area contributed by atoms with Crippen molar-refractivity contribution in [1.82, 2.24) is 9.55 Å². The molecule has 0 saturated heterocycles. The number of aromatic nitrogens is 2. The van der Waals surface area contributed by atoms with E-state index in [1.807, 2.05) is 24.3 Å². The third-order valence-corrected chi connectivity index (χ3v) is 3.45. The summed E-state index contributed by atoms with van der Waals surface area (Å²) in [5, 5.41) is 0. The Balaban J connectivity index is 2.05. The number of hydrogen-bond donors (Lipinski definition) is 2. The molecule has 1 aromatic heterocycles. The Hall–Kier alpha value is -2.63. The van der Waals surface area contributed by atoms with Crippen molar-refractivity contribution in [3.63, 3.8) is 0 Å². The lowest BCUT2D eigenvalue weighted by atomic mass is 10.1. The van der Waals surface area contributed by atoms with Gasteiger partial charge in [0.25, 0.3) is 5.56 Å². The molecule has 0 fully saturated rings. The van der Waals surface area contributed by atoms with Gasteiger partial charge in [0.05, 0.1) is 6.54 Å². The van der Waals surface area contributed by atoms with E-state index in [2.05, 4.69) is 4.98 Å². The first-order chi connectivity index (χ1) is 10.5. The molecular formula is C16H19N3O3. The van der Waals surface area contributed by atoms with Crippen LogP contribution >= 0.6 is 0 Å². The Kier molecular flexibility index (Phi) is 4.93. The fourth-order valence-electron chi connectivity index (χ4n) is 2.21. The van der Waals surface area contributed by atoms with E-state index < -0.39 is 5.69 Å². The third kappa shape index (κ3) is 4.18. The summed E-state index contributed by atoms with van der Waals surface area (Å²) in [5.41, 5.74) is 6.92. The lowest BCUT2D eigenvalue weighted by Gasteiger charge is -2.07. The number of amides is 1. The zero-order valence-corrected chi connectivity index (χ0v) is 12.5. The first kappa shape index (κ1) is 15.8. The molecule has 0 bridgehead atoms. The van der Waals surface area contributed by atoms with E-state index in [1.165, 1.54) is 4.57 Å². The molecule has 6 nitrogen and oxygen atoms in total. The van der Waals surface area contributed by atoms with Gasteiger partial charge in [-0.05, 0) is 30.9 Å². The van der Waals surface area contributed by atoms with Crippen LogP contribution in [0.2, 0.25) is 0 Å². The van der Waals surface area contributed by atoms with Crippen molar-refractivity contribution in [3.8, 4) is 0 Å².